The Bertz CT molecular complexity index is 943. The summed E-state index contributed by atoms with van der Waals surface area (Å²) in [6, 6.07) is 15.7. The first-order valence-corrected chi connectivity index (χ1v) is 10.8. The van der Waals surface area contributed by atoms with Crippen molar-refractivity contribution >= 4 is 23.5 Å². The molecular weight excluding hydrogens is 418 g/mol. The molecule has 2 aromatic rings. The zero-order valence-electron chi connectivity index (χ0n) is 17.1. The summed E-state index contributed by atoms with van der Waals surface area (Å²) < 4.78 is 10.6. The van der Waals surface area contributed by atoms with Gasteiger partial charge in [-0.25, -0.2) is 4.79 Å². The molecule has 0 aliphatic carbocycles. The third-order valence-electron chi connectivity index (χ3n) is 5.09. The van der Waals surface area contributed by atoms with E-state index >= 15 is 0 Å². The third kappa shape index (κ3) is 6.12. The van der Waals surface area contributed by atoms with E-state index in [1.54, 1.807) is 35.9 Å². The number of nitrogens with zero attached hydrogens (tertiary/aromatic N) is 3. The van der Waals surface area contributed by atoms with Crippen LogP contribution in [0.1, 0.15) is 24.0 Å². The first kappa shape index (κ1) is 22.4. The number of nitro benzene ring substituents is 1. The van der Waals surface area contributed by atoms with E-state index in [9.17, 15) is 14.9 Å². The maximum atomic E-state index is 12.6. The fraction of sp³-hybridized carbons (Fsp3) is 0.364. The zero-order valence-corrected chi connectivity index (χ0v) is 17.9. The van der Waals surface area contributed by atoms with Gasteiger partial charge in [0.2, 0.25) is 0 Å². The summed E-state index contributed by atoms with van der Waals surface area (Å²) >= 11 is 1.76. The Morgan fingerprint density at radius 2 is 1.90 bits per heavy atom. The van der Waals surface area contributed by atoms with Crippen molar-refractivity contribution in [3.8, 4) is 11.8 Å². The molecule has 0 aromatic heterocycles. The van der Waals surface area contributed by atoms with Gasteiger partial charge in [0, 0.05) is 35.7 Å². The summed E-state index contributed by atoms with van der Waals surface area (Å²) in [7, 11) is 1.63. The molecule has 1 amide bonds. The predicted octanol–water partition coefficient (Wildman–Crippen LogP) is 4.53. The van der Waals surface area contributed by atoms with E-state index in [0.717, 1.165) is 17.9 Å². The lowest BCUT2D eigenvalue weighted by Gasteiger charge is -2.22. The van der Waals surface area contributed by atoms with Gasteiger partial charge in [0.15, 0.2) is 0 Å². The number of benzene rings is 2. The number of rotatable bonds is 8. The number of carbonyl (C=O) groups is 1. The monoisotopic (exact) mass is 441 g/mol. The van der Waals surface area contributed by atoms with E-state index in [2.05, 4.69) is 6.07 Å². The third-order valence-corrected chi connectivity index (χ3v) is 6.40. The van der Waals surface area contributed by atoms with E-state index in [0.29, 0.717) is 12.1 Å². The van der Waals surface area contributed by atoms with Gasteiger partial charge in [-0.2, -0.15) is 17.0 Å². The van der Waals surface area contributed by atoms with Crippen LogP contribution in [0.15, 0.2) is 48.5 Å². The van der Waals surface area contributed by atoms with Crippen molar-refractivity contribution in [3.63, 3.8) is 0 Å². The molecule has 1 saturated heterocycles. The van der Waals surface area contributed by atoms with Gasteiger partial charge in [-0.3, -0.25) is 10.1 Å². The Morgan fingerprint density at radius 1 is 1.23 bits per heavy atom. The average molecular weight is 442 g/mol. The van der Waals surface area contributed by atoms with Crippen LogP contribution in [0.25, 0.3) is 0 Å². The topological polar surface area (TPSA) is 106 Å². The Labute approximate surface area is 184 Å². The minimum Gasteiger partial charge on any atom is -0.497 e. The van der Waals surface area contributed by atoms with Crippen molar-refractivity contribution in [2.75, 3.05) is 13.7 Å². The number of amides is 1. The number of likely N-dealkylation sites (tertiary alicyclic amines) is 1. The number of nitriles is 1. The number of nitro groups is 1. The van der Waals surface area contributed by atoms with Crippen molar-refractivity contribution < 1.29 is 19.2 Å². The van der Waals surface area contributed by atoms with Gasteiger partial charge < -0.3 is 14.4 Å². The van der Waals surface area contributed by atoms with Crippen LogP contribution in [-0.2, 0) is 17.1 Å². The second kappa shape index (κ2) is 10.7. The summed E-state index contributed by atoms with van der Waals surface area (Å²) in [6.45, 7) is 0.544. The van der Waals surface area contributed by atoms with Crippen molar-refractivity contribution in [1.29, 1.82) is 5.26 Å². The van der Waals surface area contributed by atoms with E-state index in [4.69, 9.17) is 14.7 Å². The zero-order chi connectivity index (χ0) is 22.2. The van der Waals surface area contributed by atoms with Crippen LogP contribution in [0.4, 0.5) is 10.5 Å². The van der Waals surface area contributed by atoms with Gasteiger partial charge in [-0.15, -0.1) is 0 Å². The highest BCUT2D eigenvalue weighted by molar-refractivity contribution is 7.99. The molecule has 162 valence electrons. The largest absolute Gasteiger partial charge is 0.497 e. The van der Waals surface area contributed by atoms with E-state index < -0.39 is 11.0 Å². The lowest BCUT2D eigenvalue weighted by Crippen LogP contribution is -2.36. The minimum atomic E-state index is -0.476. The molecule has 1 aliphatic rings. The average Bonchev–Trinajstić information content (AvgIpc) is 3.20. The Hall–Kier alpha value is -3.25. The molecular formula is C22H23N3O5S. The Balaban J connectivity index is 1.53. The molecule has 2 aromatic carbocycles. The van der Waals surface area contributed by atoms with Crippen molar-refractivity contribution in [2.24, 2.45) is 0 Å². The second-order valence-corrected chi connectivity index (χ2v) is 8.45. The number of carbonyl (C=O) groups excluding carboxylic acids is 1. The number of non-ortho nitro benzene ring substituents is 1. The maximum absolute atomic E-state index is 12.6. The quantitative estimate of drug-likeness (QED) is 0.438. The molecule has 0 unspecified atom stereocenters. The van der Waals surface area contributed by atoms with Crippen LogP contribution in [0, 0.1) is 21.4 Å². The first-order chi connectivity index (χ1) is 15.0. The van der Waals surface area contributed by atoms with Gasteiger partial charge in [0.1, 0.15) is 12.4 Å². The van der Waals surface area contributed by atoms with Crippen LogP contribution in [-0.4, -0.2) is 40.9 Å². The minimum absolute atomic E-state index is 0.0135. The highest BCUT2D eigenvalue weighted by atomic mass is 32.2. The molecule has 0 spiro atoms. The van der Waals surface area contributed by atoms with Crippen LogP contribution in [0.5, 0.6) is 5.75 Å². The molecule has 9 heteroatoms. The summed E-state index contributed by atoms with van der Waals surface area (Å²) in [5.41, 5.74) is 1.82. The van der Waals surface area contributed by atoms with Crippen LogP contribution in [0.2, 0.25) is 0 Å². The molecule has 1 aliphatic heterocycles. The lowest BCUT2D eigenvalue weighted by molar-refractivity contribution is -0.384. The molecule has 0 N–H and O–H groups in total. The smallest absolute Gasteiger partial charge is 0.410 e. The standard InChI is InChI=1S/C22H23N3O5S/c1-29-20-8-4-17(5-9-20)15-31-21-12-19(10-11-23)24(13-21)22(26)30-14-16-2-6-18(7-3-16)25(27)28/h2-9,19,21H,10,12-15H2,1H3/t19-,21+/m1/s1. The Morgan fingerprint density at radius 3 is 2.52 bits per heavy atom. The predicted molar refractivity (Wildman–Crippen MR) is 117 cm³/mol. The SMILES string of the molecule is COc1ccc(CS[C@H]2C[C@@H](CC#N)N(C(=O)OCc3ccc([N+](=O)[O-])cc3)C2)cc1. The highest BCUT2D eigenvalue weighted by Crippen LogP contribution is 2.32. The van der Waals surface area contributed by atoms with E-state index in [-0.39, 0.29) is 30.0 Å². The van der Waals surface area contributed by atoms with Crippen LogP contribution < -0.4 is 4.74 Å². The molecule has 0 bridgehead atoms. The fourth-order valence-corrected chi connectivity index (χ4v) is 4.64. The molecule has 3 rings (SSSR count). The highest BCUT2D eigenvalue weighted by Gasteiger charge is 2.36. The van der Waals surface area contributed by atoms with Crippen LogP contribution in [0.3, 0.4) is 0 Å². The van der Waals surface area contributed by atoms with Gasteiger partial charge in [0.25, 0.3) is 5.69 Å². The number of hydrogen-bond donors (Lipinski definition) is 0. The van der Waals surface area contributed by atoms with E-state index in [1.165, 1.54) is 17.7 Å². The van der Waals surface area contributed by atoms with Gasteiger partial charge in [0.05, 0.1) is 24.5 Å². The van der Waals surface area contributed by atoms with Crippen LogP contribution >= 0.6 is 11.8 Å². The maximum Gasteiger partial charge on any atom is 0.410 e. The second-order valence-electron chi connectivity index (χ2n) is 7.16. The van der Waals surface area contributed by atoms with E-state index in [1.807, 2.05) is 24.3 Å². The lowest BCUT2D eigenvalue weighted by atomic mass is 10.2. The van der Waals surface area contributed by atoms with Crippen molar-refractivity contribution in [2.45, 2.75) is 36.5 Å². The summed E-state index contributed by atoms with van der Waals surface area (Å²) in [4.78, 5) is 24.5. The number of thioether (sulfide) groups is 1. The number of ether oxygens (including phenoxy) is 2. The summed E-state index contributed by atoms with van der Waals surface area (Å²) in [5, 5.41) is 20.1. The first-order valence-electron chi connectivity index (χ1n) is 9.78. The summed E-state index contributed by atoms with van der Waals surface area (Å²) in [5.74, 6) is 1.62. The molecule has 1 heterocycles. The van der Waals surface area contributed by atoms with Crippen molar-refractivity contribution in [3.05, 3.63) is 69.8 Å². The number of hydrogen-bond acceptors (Lipinski definition) is 7. The van der Waals surface area contributed by atoms with Gasteiger partial charge >= 0.3 is 6.09 Å². The number of methoxy groups -OCH3 is 1. The molecule has 8 nitrogen and oxygen atoms in total. The Kier molecular flexibility index (Phi) is 7.73. The summed E-state index contributed by atoms with van der Waals surface area (Å²) in [6.07, 6.45) is 0.527. The molecule has 0 saturated carbocycles. The normalized spacial score (nSPS) is 17.7. The van der Waals surface area contributed by atoms with Crippen molar-refractivity contribution in [1.82, 2.24) is 4.90 Å². The fourth-order valence-electron chi connectivity index (χ4n) is 3.39. The van der Waals surface area contributed by atoms with Gasteiger partial charge in [-0.1, -0.05) is 12.1 Å². The molecule has 2 atom stereocenters. The molecule has 1 fully saturated rings. The molecule has 31 heavy (non-hydrogen) atoms. The van der Waals surface area contributed by atoms with Gasteiger partial charge in [-0.05, 0) is 41.8 Å². The molecule has 0 radical (unpaired) electrons.